The van der Waals surface area contributed by atoms with Crippen molar-refractivity contribution in [3.63, 3.8) is 0 Å². The Kier molecular flexibility index (Phi) is 3.81. The average molecular weight is 380 g/mol. The van der Waals surface area contributed by atoms with Gasteiger partial charge in [-0.05, 0) is 31.9 Å². The van der Waals surface area contributed by atoms with Crippen LogP contribution in [0.1, 0.15) is 0 Å². The van der Waals surface area contributed by atoms with Crippen LogP contribution in [-0.2, 0) is 11.3 Å². The van der Waals surface area contributed by atoms with Gasteiger partial charge in [0.2, 0.25) is 0 Å². The number of halogens is 2. The van der Waals surface area contributed by atoms with Crippen molar-refractivity contribution >= 4 is 43.8 Å². The van der Waals surface area contributed by atoms with Crippen molar-refractivity contribution in [1.29, 1.82) is 0 Å². The van der Waals surface area contributed by atoms with Gasteiger partial charge in [-0.2, -0.15) is 5.10 Å². The molecule has 1 saturated heterocycles. The van der Waals surface area contributed by atoms with E-state index in [2.05, 4.69) is 42.3 Å². The van der Waals surface area contributed by atoms with E-state index < -0.39 is 17.5 Å². The predicted molar refractivity (Wildman–Crippen MR) is 69.0 cm³/mol. The standard InChI is InChI=1S/C9H8Br2N4O3/c10-5-3-13-15(8(17)7(5)11)4-6(16)14-2-1-12-9(14)18/h3H,1-2,4H2,(H,12,18). The molecule has 2 heterocycles. The summed E-state index contributed by atoms with van der Waals surface area (Å²) < 4.78 is 1.80. The quantitative estimate of drug-likeness (QED) is 0.802. The molecule has 0 radical (unpaired) electrons. The number of imide groups is 1. The van der Waals surface area contributed by atoms with E-state index in [0.29, 0.717) is 17.6 Å². The van der Waals surface area contributed by atoms with E-state index in [1.165, 1.54) is 6.20 Å². The van der Waals surface area contributed by atoms with Crippen molar-refractivity contribution in [2.24, 2.45) is 0 Å². The van der Waals surface area contributed by atoms with Gasteiger partial charge in [-0.15, -0.1) is 0 Å². The first kappa shape index (κ1) is 13.2. The molecule has 1 fully saturated rings. The van der Waals surface area contributed by atoms with Crippen molar-refractivity contribution in [1.82, 2.24) is 20.0 Å². The van der Waals surface area contributed by atoms with Gasteiger partial charge < -0.3 is 5.32 Å². The maximum Gasteiger partial charge on any atom is 0.324 e. The zero-order valence-electron chi connectivity index (χ0n) is 9.02. The number of carbonyl (C=O) groups is 2. The lowest BCUT2D eigenvalue weighted by Crippen LogP contribution is -2.39. The van der Waals surface area contributed by atoms with Crippen LogP contribution in [0.3, 0.4) is 0 Å². The smallest absolute Gasteiger partial charge is 0.324 e. The highest BCUT2D eigenvalue weighted by molar-refractivity contribution is 9.13. The van der Waals surface area contributed by atoms with E-state index in [1.807, 2.05) is 0 Å². The van der Waals surface area contributed by atoms with Crippen LogP contribution >= 0.6 is 31.9 Å². The van der Waals surface area contributed by atoms with E-state index in [1.54, 1.807) is 0 Å². The Balaban J connectivity index is 2.20. The molecule has 1 aromatic rings. The van der Waals surface area contributed by atoms with E-state index in [4.69, 9.17) is 0 Å². The number of carbonyl (C=O) groups excluding carboxylic acids is 2. The van der Waals surface area contributed by atoms with Crippen LogP contribution in [-0.4, -0.2) is 39.7 Å². The molecule has 7 nitrogen and oxygen atoms in total. The van der Waals surface area contributed by atoms with Gasteiger partial charge in [0.05, 0.1) is 10.7 Å². The molecule has 0 saturated carbocycles. The molecular weight excluding hydrogens is 372 g/mol. The van der Waals surface area contributed by atoms with Crippen molar-refractivity contribution in [2.75, 3.05) is 13.1 Å². The molecule has 3 amide bonds. The van der Waals surface area contributed by atoms with Crippen molar-refractivity contribution in [2.45, 2.75) is 6.54 Å². The average Bonchev–Trinajstić information content (AvgIpc) is 2.76. The zero-order valence-corrected chi connectivity index (χ0v) is 12.2. The lowest BCUT2D eigenvalue weighted by Gasteiger charge is -2.12. The van der Waals surface area contributed by atoms with Gasteiger partial charge in [0.25, 0.3) is 11.5 Å². The molecular formula is C9H8Br2N4O3. The van der Waals surface area contributed by atoms with Crippen LogP contribution in [0.2, 0.25) is 0 Å². The van der Waals surface area contributed by atoms with Crippen LogP contribution in [0.25, 0.3) is 0 Å². The minimum absolute atomic E-state index is 0.266. The van der Waals surface area contributed by atoms with Gasteiger partial charge in [0.15, 0.2) is 0 Å². The molecule has 0 aromatic carbocycles. The monoisotopic (exact) mass is 378 g/mol. The van der Waals surface area contributed by atoms with Gasteiger partial charge in [0.1, 0.15) is 11.0 Å². The number of nitrogens with one attached hydrogen (secondary N) is 1. The summed E-state index contributed by atoms with van der Waals surface area (Å²) in [5.41, 5.74) is -0.433. The molecule has 0 unspecified atom stereocenters. The van der Waals surface area contributed by atoms with Gasteiger partial charge in [-0.1, -0.05) is 0 Å². The molecule has 1 aromatic heterocycles. The number of amides is 3. The highest BCUT2D eigenvalue weighted by atomic mass is 79.9. The fourth-order valence-corrected chi connectivity index (χ4v) is 2.05. The Morgan fingerprint density at radius 1 is 1.44 bits per heavy atom. The molecule has 0 spiro atoms. The molecule has 0 atom stereocenters. The van der Waals surface area contributed by atoms with E-state index in [9.17, 15) is 14.4 Å². The molecule has 0 aliphatic carbocycles. The third kappa shape index (κ3) is 2.46. The van der Waals surface area contributed by atoms with Gasteiger partial charge in [0, 0.05) is 13.1 Å². The summed E-state index contributed by atoms with van der Waals surface area (Å²) in [4.78, 5) is 35.9. The molecule has 1 N–H and O–H groups in total. The lowest BCUT2D eigenvalue weighted by atomic mass is 10.5. The second kappa shape index (κ2) is 5.19. The molecule has 1 aliphatic heterocycles. The number of urea groups is 1. The summed E-state index contributed by atoms with van der Waals surface area (Å²) in [6.07, 6.45) is 1.41. The summed E-state index contributed by atoms with van der Waals surface area (Å²) in [5, 5.41) is 6.34. The molecule has 18 heavy (non-hydrogen) atoms. The number of rotatable bonds is 2. The summed E-state index contributed by atoms with van der Waals surface area (Å²) >= 11 is 6.23. The largest absolute Gasteiger partial charge is 0.336 e. The van der Waals surface area contributed by atoms with Crippen LogP contribution in [0, 0.1) is 0 Å². The minimum atomic E-state index is -0.464. The van der Waals surface area contributed by atoms with E-state index in [-0.39, 0.29) is 11.0 Å². The fraction of sp³-hybridized carbons (Fsp3) is 0.333. The number of nitrogens with zero attached hydrogens (tertiary/aromatic N) is 3. The summed E-state index contributed by atoms with van der Waals surface area (Å²) in [7, 11) is 0. The van der Waals surface area contributed by atoms with Crippen molar-refractivity contribution in [3.05, 3.63) is 25.5 Å². The fourth-order valence-electron chi connectivity index (χ4n) is 1.48. The van der Waals surface area contributed by atoms with Crippen molar-refractivity contribution in [3.8, 4) is 0 Å². The van der Waals surface area contributed by atoms with E-state index >= 15 is 0 Å². The summed E-state index contributed by atoms with van der Waals surface area (Å²) in [6, 6.07) is -0.441. The van der Waals surface area contributed by atoms with Gasteiger partial charge >= 0.3 is 6.03 Å². The first-order valence-electron chi connectivity index (χ1n) is 5.00. The first-order chi connectivity index (χ1) is 8.50. The summed E-state index contributed by atoms with van der Waals surface area (Å²) in [5.74, 6) is -0.464. The van der Waals surface area contributed by atoms with Crippen LogP contribution in [0.5, 0.6) is 0 Å². The first-order valence-corrected chi connectivity index (χ1v) is 6.58. The van der Waals surface area contributed by atoms with Crippen LogP contribution < -0.4 is 10.9 Å². The number of hydrogen-bond donors (Lipinski definition) is 1. The minimum Gasteiger partial charge on any atom is -0.336 e. The normalized spacial score (nSPS) is 14.8. The predicted octanol–water partition coefficient (Wildman–Crippen LogP) is 0.320. The third-order valence-electron chi connectivity index (χ3n) is 2.39. The number of hydrogen-bond acceptors (Lipinski definition) is 4. The Labute approximate surface area is 118 Å². The second-order valence-electron chi connectivity index (χ2n) is 3.55. The molecule has 2 rings (SSSR count). The SMILES string of the molecule is O=C(Cn1ncc(Br)c(Br)c1=O)N1CCNC1=O. The highest BCUT2D eigenvalue weighted by Crippen LogP contribution is 2.16. The van der Waals surface area contributed by atoms with Crippen LogP contribution in [0.15, 0.2) is 19.9 Å². The Morgan fingerprint density at radius 3 is 2.78 bits per heavy atom. The second-order valence-corrected chi connectivity index (χ2v) is 5.19. The zero-order chi connectivity index (χ0) is 13.3. The van der Waals surface area contributed by atoms with Gasteiger partial charge in [-0.3, -0.25) is 14.5 Å². The molecule has 9 heteroatoms. The molecule has 1 aliphatic rings. The maximum absolute atomic E-state index is 11.8. The highest BCUT2D eigenvalue weighted by Gasteiger charge is 2.26. The van der Waals surface area contributed by atoms with Crippen LogP contribution in [0.4, 0.5) is 4.79 Å². The lowest BCUT2D eigenvalue weighted by molar-refractivity contribution is -0.128. The van der Waals surface area contributed by atoms with Gasteiger partial charge in [-0.25, -0.2) is 9.48 Å². The van der Waals surface area contributed by atoms with Crippen molar-refractivity contribution < 1.29 is 9.59 Å². The Morgan fingerprint density at radius 2 is 2.17 bits per heavy atom. The third-order valence-corrected chi connectivity index (χ3v) is 4.28. The maximum atomic E-state index is 11.8. The topological polar surface area (TPSA) is 84.3 Å². The molecule has 0 bridgehead atoms. The number of aromatic nitrogens is 2. The Bertz CT molecular complexity index is 571. The van der Waals surface area contributed by atoms with E-state index in [0.717, 1.165) is 9.58 Å². The Hall–Kier alpha value is -1.22. The summed E-state index contributed by atoms with van der Waals surface area (Å²) in [6.45, 7) is 0.471. The molecule has 96 valence electrons.